The van der Waals surface area contributed by atoms with E-state index in [-0.39, 0.29) is 11.9 Å². The molecule has 0 bridgehead atoms. The first-order valence-corrected chi connectivity index (χ1v) is 10.1. The Kier molecular flexibility index (Phi) is 9.26. The Morgan fingerprint density at radius 2 is 1.04 bits per heavy atom. The molecule has 0 radical (unpaired) electrons. The van der Waals surface area contributed by atoms with Crippen LogP contribution in [0.25, 0.3) is 0 Å². The molecular formula is C24H30O4. The third-order valence-corrected chi connectivity index (χ3v) is 4.64. The van der Waals surface area contributed by atoms with Crippen molar-refractivity contribution in [2.45, 2.75) is 51.4 Å². The lowest BCUT2D eigenvalue weighted by Gasteiger charge is -2.25. The molecule has 0 N–H and O–H groups in total. The minimum absolute atomic E-state index is 0.352. The predicted molar refractivity (Wildman–Crippen MR) is 110 cm³/mol. The number of unbranched alkanes of at least 4 members (excludes halogenated alkanes) is 2. The molecule has 4 nitrogen and oxygen atoms in total. The lowest BCUT2D eigenvalue weighted by atomic mass is 9.81. The third-order valence-electron chi connectivity index (χ3n) is 4.64. The molecule has 4 heteroatoms. The Balaban J connectivity index is 2.39. The number of hydrogen-bond donors (Lipinski definition) is 0. The van der Waals surface area contributed by atoms with Crippen molar-refractivity contribution in [1.29, 1.82) is 0 Å². The van der Waals surface area contributed by atoms with Gasteiger partial charge in [-0.2, -0.15) is 0 Å². The predicted octanol–water partition coefficient (Wildman–Crippen LogP) is 5.24. The minimum atomic E-state index is -0.741. The molecule has 0 aliphatic rings. The molecule has 0 aliphatic heterocycles. The van der Waals surface area contributed by atoms with Crippen molar-refractivity contribution in [3.05, 3.63) is 71.8 Å². The Bertz CT molecular complexity index is 648. The molecule has 0 fully saturated rings. The molecule has 0 heterocycles. The van der Waals surface area contributed by atoms with E-state index in [4.69, 9.17) is 9.47 Å². The van der Waals surface area contributed by atoms with Crippen LogP contribution in [0.5, 0.6) is 0 Å². The second-order valence-corrected chi connectivity index (χ2v) is 6.82. The lowest BCUT2D eigenvalue weighted by molar-refractivity contribution is -0.154. The van der Waals surface area contributed by atoms with E-state index in [1.807, 2.05) is 74.5 Å². The second kappa shape index (κ2) is 12.0. The molecule has 0 amide bonds. The number of carbonyl (C=O) groups excluding carboxylic acids is 2. The Morgan fingerprint density at radius 1 is 0.679 bits per heavy atom. The summed E-state index contributed by atoms with van der Waals surface area (Å²) in [6.45, 7) is 4.79. The van der Waals surface area contributed by atoms with Crippen molar-refractivity contribution in [3.8, 4) is 0 Å². The van der Waals surface area contributed by atoms with Gasteiger partial charge in [0.1, 0.15) is 0 Å². The molecule has 0 aromatic heterocycles. The van der Waals surface area contributed by atoms with Crippen LogP contribution in [0.2, 0.25) is 0 Å². The van der Waals surface area contributed by atoms with Gasteiger partial charge < -0.3 is 9.47 Å². The van der Waals surface area contributed by atoms with Gasteiger partial charge in [-0.3, -0.25) is 9.59 Å². The maximum Gasteiger partial charge on any atom is 0.314 e. The molecule has 0 aliphatic carbocycles. The zero-order chi connectivity index (χ0) is 20.2. The van der Waals surface area contributed by atoms with Crippen LogP contribution in [0.3, 0.4) is 0 Å². The van der Waals surface area contributed by atoms with Gasteiger partial charge in [0.15, 0.2) is 0 Å². The second-order valence-electron chi connectivity index (χ2n) is 6.82. The molecule has 0 saturated heterocycles. The van der Waals surface area contributed by atoms with E-state index >= 15 is 0 Å². The van der Waals surface area contributed by atoms with Crippen LogP contribution in [0.15, 0.2) is 60.7 Å². The maximum atomic E-state index is 13.0. The van der Waals surface area contributed by atoms with Crippen LogP contribution in [-0.4, -0.2) is 25.2 Å². The van der Waals surface area contributed by atoms with Crippen LogP contribution in [0.4, 0.5) is 0 Å². The zero-order valence-corrected chi connectivity index (χ0v) is 16.8. The topological polar surface area (TPSA) is 52.6 Å². The highest BCUT2D eigenvalue weighted by Gasteiger charge is 2.38. The number of esters is 2. The van der Waals surface area contributed by atoms with Crippen molar-refractivity contribution in [2.24, 2.45) is 0 Å². The van der Waals surface area contributed by atoms with Crippen LogP contribution in [0, 0.1) is 0 Å². The summed E-state index contributed by atoms with van der Waals surface area (Å²) in [5.74, 6) is -2.26. The molecule has 0 saturated carbocycles. The summed E-state index contributed by atoms with van der Waals surface area (Å²) in [7, 11) is 0. The summed E-state index contributed by atoms with van der Waals surface area (Å²) < 4.78 is 11.1. The molecule has 2 aromatic rings. The standard InChI is InChI=1S/C24H30O4/c1-3-5-17-27-23(25)21(19-13-9-7-10-14-19)22(20-15-11-8-12-16-20)24(26)28-18-6-4-2/h7-16,21-22H,3-6,17-18H2,1-2H3. The first-order chi connectivity index (χ1) is 13.7. The average Bonchev–Trinajstić information content (AvgIpc) is 2.73. The summed E-state index contributed by atoms with van der Waals surface area (Å²) in [5.41, 5.74) is 1.51. The molecule has 2 atom stereocenters. The van der Waals surface area contributed by atoms with Gasteiger partial charge in [-0.05, 0) is 24.0 Å². The smallest absolute Gasteiger partial charge is 0.314 e. The molecule has 0 spiro atoms. The van der Waals surface area contributed by atoms with Gasteiger partial charge in [0.2, 0.25) is 0 Å². The van der Waals surface area contributed by atoms with Crippen LogP contribution in [0.1, 0.15) is 62.5 Å². The van der Waals surface area contributed by atoms with E-state index in [0.29, 0.717) is 13.2 Å². The number of rotatable bonds is 11. The highest BCUT2D eigenvalue weighted by atomic mass is 16.5. The van der Waals surface area contributed by atoms with Gasteiger partial charge in [-0.1, -0.05) is 87.4 Å². The van der Waals surface area contributed by atoms with Gasteiger partial charge in [0.25, 0.3) is 0 Å². The fourth-order valence-corrected chi connectivity index (χ4v) is 3.06. The number of ether oxygens (including phenoxy) is 2. The molecular weight excluding hydrogens is 352 g/mol. The third kappa shape index (κ3) is 6.22. The molecule has 2 unspecified atom stereocenters. The van der Waals surface area contributed by atoms with E-state index in [1.165, 1.54) is 0 Å². The average molecular weight is 383 g/mol. The van der Waals surface area contributed by atoms with E-state index in [1.54, 1.807) is 0 Å². The summed E-state index contributed by atoms with van der Waals surface area (Å²) in [4.78, 5) is 26.1. The highest BCUT2D eigenvalue weighted by Crippen LogP contribution is 2.35. The van der Waals surface area contributed by atoms with Crippen molar-refractivity contribution in [1.82, 2.24) is 0 Å². The van der Waals surface area contributed by atoms with Crippen molar-refractivity contribution in [2.75, 3.05) is 13.2 Å². The van der Waals surface area contributed by atoms with E-state index in [2.05, 4.69) is 0 Å². The van der Waals surface area contributed by atoms with E-state index in [0.717, 1.165) is 36.8 Å². The van der Waals surface area contributed by atoms with Gasteiger partial charge in [-0.25, -0.2) is 0 Å². The lowest BCUT2D eigenvalue weighted by Crippen LogP contribution is -2.30. The highest BCUT2D eigenvalue weighted by molar-refractivity contribution is 5.90. The minimum Gasteiger partial charge on any atom is -0.465 e. The quantitative estimate of drug-likeness (QED) is 0.394. The Hall–Kier alpha value is -2.62. The fraction of sp³-hybridized carbons (Fsp3) is 0.417. The monoisotopic (exact) mass is 382 g/mol. The number of carbonyl (C=O) groups is 2. The normalized spacial score (nSPS) is 12.8. The molecule has 2 aromatic carbocycles. The zero-order valence-electron chi connectivity index (χ0n) is 16.8. The largest absolute Gasteiger partial charge is 0.465 e. The van der Waals surface area contributed by atoms with Crippen LogP contribution in [-0.2, 0) is 19.1 Å². The summed E-state index contributed by atoms with van der Waals surface area (Å²) in [6, 6.07) is 18.7. The summed E-state index contributed by atoms with van der Waals surface area (Å²) >= 11 is 0. The molecule has 150 valence electrons. The Labute approximate surface area is 167 Å². The maximum absolute atomic E-state index is 13.0. The van der Waals surface area contributed by atoms with Gasteiger partial charge >= 0.3 is 11.9 Å². The van der Waals surface area contributed by atoms with Crippen LogP contribution < -0.4 is 0 Å². The van der Waals surface area contributed by atoms with Crippen molar-refractivity contribution in [3.63, 3.8) is 0 Å². The number of benzene rings is 2. The van der Waals surface area contributed by atoms with Gasteiger partial charge in [0.05, 0.1) is 25.0 Å². The van der Waals surface area contributed by atoms with Gasteiger partial charge in [-0.15, -0.1) is 0 Å². The van der Waals surface area contributed by atoms with Crippen LogP contribution >= 0.6 is 0 Å². The summed E-state index contributed by atoms with van der Waals surface area (Å²) in [5, 5.41) is 0. The SMILES string of the molecule is CCCCOC(=O)C(c1ccccc1)C(C(=O)OCCCC)c1ccccc1. The van der Waals surface area contributed by atoms with Crippen molar-refractivity contribution >= 4 is 11.9 Å². The van der Waals surface area contributed by atoms with E-state index < -0.39 is 11.8 Å². The molecule has 2 rings (SSSR count). The first kappa shape index (κ1) is 21.7. The van der Waals surface area contributed by atoms with Crippen molar-refractivity contribution < 1.29 is 19.1 Å². The first-order valence-electron chi connectivity index (χ1n) is 10.1. The fourth-order valence-electron chi connectivity index (χ4n) is 3.06. The van der Waals surface area contributed by atoms with E-state index in [9.17, 15) is 9.59 Å². The molecule has 28 heavy (non-hydrogen) atoms. The summed E-state index contributed by atoms with van der Waals surface area (Å²) in [6.07, 6.45) is 3.46. The Morgan fingerprint density at radius 3 is 1.36 bits per heavy atom. The number of hydrogen-bond acceptors (Lipinski definition) is 4. The van der Waals surface area contributed by atoms with Gasteiger partial charge in [0, 0.05) is 0 Å².